The summed E-state index contributed by atoms with van der Waals surface area (Å²) >= 11 is 0. The molecule has 210 valence electrons. The van der Waals surface area contributed by atoms with Crippen LogP contribution in [-0.2, 0) is 28.6 Å². The van der Waals surface area contributed by atoms with Gasteiger partial charge in [0.05, 0.1) is 31.0 Å². The number of aliphatic hydroxyl groups is 1. The number of hydrogen-bond donors (Lipinski definition) is 1. The topological polar surface area (TPSA) is 123 Å². The fraction of sp³-hybridized carbons (Fsp3) is 0.655. The van der Waals surface area contributed by atoms with Crippen molar-refractivity contribution in [2.24, 2.45) is 11.8 Å². The fourth-order valence-electron chi connectivity index (χ4n) is 2.92. The Balaban J connectivity index is 0. The van der Waals surface area contributed by atoms with E-state index in [2.05, 4.69) is 39.0 Å². The molecule has 0 aliphatic carbocycles. The van der Waals surface area contributed by atoms with Crippen LogP contribution in [-0.4, -0.2) is 48.9 Å². The first kappa shape index (κ1) is 36.2. The molecule has 0 aromatic rings. The molecule has 0 aromatic heterocycles. The summed E-state index contributed by atoms with van der Waals surface area (Å²) in [6.07, 6.45) is 12.7. The second-order valence-corrected chi connectivity index (χ2v) is 8.86. The molecular weight excluding hydrogens is 474 g/mol. The van der Waals surface area contributed by atoms with Gasteiger partial charge in [-0.3, -0.25) is 0 Å². The largest absolute Gasteiger partial charge is 0.462 e. The van der Waals surface area contributed by atoms with Gasteiger partial charge >= 0.3 is 17.9 Å². The van der Waals surface area contributed by atoms with E-state index in [1.807, 2.05) is 0 Å². The summed E-state index contributed by atoms with van der Waals surface area (Å²) in [7, 11) is 0. The highest BCUT2D eigenvalue weighted by molar-refractivity contribution is 5.91. The summed E-state index contributed by atoms with van der Waals surface area (Å²) in [6, 6.07) is 1.72. The molecule has 0 spiro atoms. The van der Waals surface area contributed by atoms with Crippen molar-refractivity contribution in [1.82, 2.24) is 0 Å². The predicted molar refractivity (Wildman–Crippen MR) is 144 cm³/mol. The Morgan fingerprint density at radius 2 is 1.30 bits per heavy atom. The SMILES string of the molecule is C=C(C=CC#N)C(=O)OCC(C)O.CCCCC(CC)COC(=O)/C=C/C(=O)OCC(CC)CCCC. The molecule has 8 nitrogen and oxygen atoms in total. The molecule has 8 heteroatoms. The number of ether oxygens (including phenoxy) is 3. The van der Waals surface area contributed by atoms with E-state index in [9.17, 15) is 14.4 Å². The Hall–Kier alpha value is -2.92. The Labute approximate surface area is 223 Å². The highest BCUT2D eigenvalue weighted by Crippen LogP contribution is 2.14. The first-order chi connectivity index (χ1) is 17.6. The summed E-state index contributed by atoms with van der Waals surface area (Å²) in [5.74, 6) is -0.775. The third-order valence-electron chi connectivity index (χ3n) is 5.44. The van der Waals surface area contributed by atoms with E-state index in [1.165, 1.54) is 25.2 Å². The van der Waals surface area contributed by atoms with E-state index >= 15 is 0 Å². The lowest BCUT2D eigenvalue weighted by molar-refractivity contribution is -0.142. The van der Waals surface area contributed by atoms with Crippen molar-refractivity contribution < 1.29 is 33.7 Å². The Bertz CT molecular complexity index is 716. The maximum Gasteiger partial charge on any atom is 0.337 e. The monoisotopic (exact) mass is 521 g/mol. The minimum atomic E-state index is -0.698. The number of esters is 3. The lowest BCUT2D eigenvalue weighted by Crippen LogP contribution is -2.15. The lowest BCUT2D eigenvalue weighted by atomic mass is 10.0. The summed E-state index contributed by atoms with van der Waals surface area (Å²) in [4.78, 5) is 34.3. The zero-order valence-corrected chi connectivity index (χ0v) is 23.4. The molecule has 0 saturated carbocycles. The molecule has 0 rings (SSSR count). The minimum Gasteiger partial charge on any atom is -0.462 e. The van der Waals surface area contributed by atoms with Gasteiger partial charge < -0.3 is 19.3 Å². The smallest absolute Gasteiger partial charge is 0.337 e. The van der Waals surface area contributed by atoms with Crippen molar-refractivity contribution in [2.45, 2.75) is 92.1 Å². The molecule has 0 amide bonds. The molecule has 37 heavy (non-hydrogen) atoms. The maximum atomic E-state index is 11.7. The van der Waals surface area contributed by atoms with Gasteiger partial charge in [0, 0.05) is 18.2 Å². The van der Waals surface area contributed by atoms with Crippen molar-refractivity contribution in [3.63, 3.8) is 0 Å². The molecule has 3 atom stereocenters. The van der Waals surface area contributed by atoms with Gasteiger partial charge in [0.1, 0.15) is 6.61 Å². The Kier molecular flexibility index (Phi) is 24.3. The predicted octanol–water partition coefficient (Wildman–Crippen LogP) is 5.61. The van der Waals surface area contributed by atoms with Gasteiger partial charge in [0.2, 0.25) is 0 Å². The van der Waals surface area contributed by atoms with Crippen LogP contribution in [0.1, 0.15) is 86.0 Å². The summed E-state index contributed by atoms with van der Waals surface area (Å²) in [5.41, 5.74) is 0.0854. The van der Waals surface area contributed by atoms with Crippen LogP contribution in [0.2, 0.25) is 0 Å². The summed E-state index contributed by atoms with van der Waals surface area (Å²) < 4.78 is 15.0. The molecule has 0 aliphatic heterocycles. The number of unbranched alkanes of at least 4 members (excludes halogenated alkanes) is 2. The number of carbonyl (C=O) groups is 3. The van der Waals surface area contributed by atoms with Crippen molar-refractivity contribution in [3.05, 3.63) is 36.5 Å². The molecule has 0 heterocycles. The zero-order chi connectivity index (χ0) is 28.5. The minimum absolute atomic E-state index is 0.0712. The first-order valence-electron chi connectivity index (χ1n) is 13.3. The van der Waals surface area contributed by atoms with E-state index in [0.29, 0.717) is 25.0 Å². The quantitative estimate of drug-likeness (QED) is 0.0812. The van der Waals surface area contributed by atoms with Crippen LogP contribution in [0.4, 0.5) is 0 Å². The van der Waals surface area contributed by atoms with E-state index < -0.39 is 24.0 Å². The number of aliphatic hydroxyl groups excluding tert-OH is 1. The van der Waals surface area contributed by atoms with Gasteiger partial charge in [-0.25, -0.2) is 14.4 Å². The van der Waals surface area contributed by atoms with Crippen molar-refractivity contribution in [3.8, 4) is 6.07 Å². The van der Waals surface area contributed by atoms with E-state index in [0.717, 1.165) is 57.4 Å². The van der Waals surface area contributed by atoms with Crippen LogP contribution >= 0.6 is 0 Å². The van der Waals surface area contributed by atoms with Crippen LogP contribution in [0.15, 0.2) is 36.5 Å². The highest BCUT2D eigenvalue weighted by atomic mass is 16.5. The average molecular weight is 522 g/mol. The second-order valence-electron chi connectivity index (χ2n) is 8.86. The molecular formula is C29H47NO7. The van der Waals surface area contributed by atoms with Gasteiger partial charge in [-0.15, -0.1) is 0 Å². The van der Waals surface area contributed by atoms with Gasteiger partial charge in [-0.2, -0.15) is 5.26 Å². The van der Waals surface area contributed by atoms with E-state index in [1.54, 1.807) is 6.07 Å². The number of rotatable bonds is 18. The third-order valence-corrected chi connectivity index (χ3v) is 5.44. The van der Waals surface area contributed by atoms with Crippen LogP contribution in [0.5, 0.6) is 0 Å². The van der Waals surface area contributed by atoms with Crippen LogP contribution < -0.4 is 0 Å². The van der Waals surface area contributed by atoms with Crippen LogP contribution in [0, 0.1) is 23.2 Å². The molecule has 3 unspecified atom stereocenters. The molecule has 0 radical (unpaired) electrons. The van der Waals surface area contributed by atoms with Gasteiger partial charge in [-0.1, -0.05) is 72.8 Å². The standard InChI is InChI=1S/C20H36O4.C9H11NO3/c1-5-9-11-17(7-3)15-23-19(21)13-14-20(22)24-16-18(8-4)12-10-6-2;1-7(4-3-5-10)9(12)13-6-8(2)11/h13-14,17-18H,5-12,15-16H2,1-4H3;3-4,8,11H,1,6H2,2H3/b14-13+;. The fourth-order valence-corrected chi connectivity index (χ4v) is 2.92. The molecule has 0 aliphatic rings. The Morgan fingerprint density at radius 1 is 0.838 bits per heavy atom. The molecule has 1 N–H and O–H groups in total. The zero-order valence-electron chi connectivity index (χ0n) is 23.4. The van der Waals surface area contributed by atoms with Crippen LogP contribution in [0.25, 0.3) is 0 Å². The molecule has 0 fully saturated rings. The lowest BCUT2D eigenvalue weighted by Gasteiger charge is -2.14. The summed E-state index contributed by atoms with van der Waals surface area (Å²) in [5, 5.41) is 16.9. The highest BCUT2D eigenvalue weighted by Gasteiger charge is 2.11. The van der Waals surface area contributed by atoms with E-state index in [4.69, 9.17) is 19.8 Å². The second kappa shape index (κ2) is 24.8. The van der Waals surface area contributed by atoms with Crippen molar-refractivity contribution in [2.75, 3.05) is 19.8 Å². The number of nitrogens with zero attached hydrogens (tertiary/aromatic N) is 1. The summed E-state index contributed by atoms with van der Waals surface area (Å²) in [6.45, 7) is 14.2. The van der Waals surface area contributed by atoms with Crippen molar-refractivity contribution in [1.29, 1.82) is 5.26 Å². The maximum absolute atomic E-state index is 11.7. The third kappa shape index (κ3) is 23.2. The normalized spacial score (nSPS) is 13.1. The number of allylic oxidation sites excluding steroid dienone is 1. The first-order valence-corrected chi connectivity index (χ1v) is 13.3. The number of hydrogen-bond acceptors (Lipinski definition) is 8. The Morgan fingerprint density at radius 3 is 1.65 bits per heavy atom. The molecule has 0 bridgehead atoms. The van der Waals surface area contributed by atoms with E-state index in [-0.39, 0.29) is 12.2 Å². The number of carbonyl (C=O) groups excluding carboxylic acids is 3. The molecule has 0 saturated heterocycles. The van der Waals surface area contributed by atoms with Gasteiger partial charge in [-0.05, 0) is 37.7 Å². The number of nitriles is 1. The van der Waals surface area contributed by atoms with Crippen LogP contribution in [0.3, 0.4) is 0 Å². The van der Waals surface area contributed by atoms with Gasteiger partial charge in [0.15, 0.2) is 0 Å². The van der Waals surface area contributed by atoms with Gasteiger partial charge in [0.25, 0.3) is 0 Å². The van der Waals surface area contributed by atoms with Crippen molar-refractivity contribution >= 4 is 17.9 Å². The molecule has 0 aromatic carbocycles. The average Bonchev–Trinajstić information content (AvgIpc) is 2.89.